The van der Waals surface area contributed by atoms with Gasteiger partial charge in [-0.1, -0.05) is 12.1 Å². The largest absolute Gasteiger partial charge is 0.465 e. The molecule has 2 aromatic rings. The van der Waals surface area contributed by atoms with E-state index < -0.39 is 17.8 Å². The van der Waals surface area contributed by atoms with Crippen LogP contribution in [0.1, 0.15) is 42.6 Å². The molecule has 2 N–H and O–H groups in total. The molecule has 0 bridgehead atoms. The maximum absolute atomic E-state index is 12.7. The Morgan fingerprint density at radius 2 is 1.97 bits per heavy atom. The molecule has 3 heterocycles. The van der Waals surface area contributed by atoms with Gasteiger partial charge in [-0.2, -0.15) is 0 Å². The molecule has 30 heavy (non-hydrogen) atoms. The maximum Gasteiger partial charge on any atom is 0.418 e. The van der Waals surface area contributed by atoms with Crippen molar-refractivity contribution in [2.75, 3.05) is 19.6 Å². The Kier molecular flexibility index (Phi) is 4.80. The number of likely N-dealkylation sites (tertiary alicyclic amines) is 1. The molecule has 158 valence electrons. The lowest BCUT2D eigenvalue weighted by atomic mass is 9.86. The molecule has 1 aromatic carbocycles. The van der Waals surface area contributed by atoms with E-state index in [1.165, 1.54) is 9.47 Å². The minimum Gasteiger partial charge on any atom is -0.465 e. The topological polar surface area (TPSA) is 101 Å². The van der Waals surface area contributed by atoms with Gasteiger partial charge in [0.05, 0.1) is 5.69 Å². The number of hydrogen-bond donors (Lipinski definition) is 2. The van der Waals surface area contributed by atoms with Crippen LogP contribution in [0.5, 0.6) is 0 Å². The van der Waals surface area contributed by atoms with Gasteiger partial charge in [0.1, 0.15) is 5.60 Å². The summed E-state index contributed by atoms with van der Waals surface area (Å²) in [7, 11) is 0. The number of ether oxygens (including phenoxy) is 1. The fraction of sp³-hybridized carbons (Fsp3) is 0.409. The normalized spacial score (nSPS) is 20.8. The van der Waals surface area contributed by atoms with Gasteiger partial charge >= 0.3 is 12.2 Å². The average Bonchev–Trinajstić information content (AvgIpc) is 3.29. The summed E-state index contributed by atoms with van der Waals surface area (Å²) in [5.74, 6) is -0.178. The Morgan fingerprint density at radius 1 is 1.20 bits per heavy atom. The Labute approximate surface area is 174 Å². The molecular formula is C22H25N3O5. The van der Waals surface area contributed by atoms with Gasteiger partial charge in [-0.15, -0.1) is 0 Å². The number of hydrogen-bond acceptors (Lipinski definition) is 4. The number of nitrogens with zero attached hydrogens (tertiary/aromatic N) is 2. The second-order valence-electron chi connectivity index (χ2n) is 8.81. The summed E-state index contributed by atoms with van der Waals surface area (Å²) in [5.41, 5.74) is 2.08. The number of aromatic nitrogens is 1. The number of carboxylic acid groups (broad SMARTS) is 1. The lowest BCUT2D eigenvalue weighted by molar-refractivity contribution is 0.0540. The molecule has 2 aliphatic rings. The van der Waals surface area contributed by atoms with E-state index in [1.54, 1.807) is 45.2 Å². The number of benzene rings is 1. The highest BCUT2D eigenvalue weighted by Gasteiger charge is 2.40. The van der Waals surface area contributed by atoms with Crippen molar-refractivity contribution in [3.8, 4) is 11.3 Å². The van der Waals surface area contributed by atoms with Gasteiger partial charge in [0, 0.05) is 43.2 Å². The highest BCUT2D eigenvalue weighted by atomic mass is 16.6. The highest BCUT2D eigenvalue weighted by molar-refractivity contribution is 5.98. The van der Waals surface area contributed by atoms with Crippen LogP contribution >= 0.6 is 0 Å². The van der Waals surface area contributed by atoms with Gasteiger partial charge in [-0.05, 0) is 50.1 Å². The van der Waals surface area contributed by atoms with E-state index in [0.29, 0.717) is 36.5 Å². The summed E-state index contributed by atoms with van der Waals surface area (Å²) in [6.45, 7) is 6.63. The summed E-state index contributed by atoms with van der Waals surface area (Å²) >= 11 is 0. The number of carbonyl (C=O) groups is 3. The third kappa shape index (κ3) is 3.65. The van der Waals surface area contributed by atoms with Gasteiger partial charge in [0.2, 0.25) is 0 Å². The zero-order valence-corrected chi connectivity index (χ0v) is 17.2. The van der Waals surface area contributed by atoms with Crippen molar-refractivity contribution in [2.24, 2.45) is 5.92 Å². The molecule has 2 aliphatic heterocycles. The number of amides is 2. The molecule has 8 heteroatoms. The molecule has 0 aliphatic carbocycles. The van der Waals surface area contributed by atoms with E-state index in [4.69, 9.17) is 4.74 Å². The molecule has 0 spiro atoms. The summed E-state index contributed by atoms with van der Waals surface area (Å²) < 4.78 is 6.90. The van der Waals surface area contributed by atoms with Crippen molar-refractivity contribution in [3.05, 3.63) is 47.7 Å². The number of carbonyl (C=O) groups excluding carboxylic acids is 2. The zero-order chi connectivity index (χ0) is 21.6. The molecule has 1 fully saturated rings. The molecule has 0 saturated carbocycles. The molecule has 0 radical (unpaired) electrons. The Balaban J connectivity index is 1.70. The minimum atomic E-state index is -0.942. The van der Waals surface area contributed by atoms with Crippen LogP contribution in [0.15, 0.2) is 36.5 Å². The lowest BCUT2D eigenvalue weighted by Crippen LogP contribution is -2.31. The van der Waals surface area contributed by atoms with Gasteiger partial charge in [-0.3, -0.25) is 9.36 Å². The zero-order valence-electron chi connectivity index (χ0n) is 17.2. The maximum atomic E-state index is 12.7. The molecule has 2 amide bonds. The minimum absolute atomic E-state index is 0.0401. The Morgan fingerprint density at radius 3 is 2.67 bits per heavy atom. The predicted octanol–water partition coefficient (Wildman–Crippen LogP) is 3.38. The first-order valence-electron chi connectivity index (χ1n) is 9.95. The van der Waals surface area contributed by atoms with Crippen molar-refractivity contribution in [1.82, 2.24) is 14.8 Å². The first kappa shape index (κ1) is 20.0. The Hall–Kier alpha value is -3.29. The molecule has 8 nitrogen and oxygen atoms in total. The fourth-order valence-corrected chi connectivity index (χ4v) is 4.23. The summed E-state index contributed by atoms with van der Waals surface area (Å²) in [4.78, 5) is 38.1. The third-order valence-corrected chi connectivity index (χ3v) is 5.57. The molecular weight excluding hydrogens is 386 g/mol. The highest BCUT2D eigenvalue weighted by Crippen LogP contribution is 2.37. The van der Waals surface area contributed by atoms with Crippen molar-refractivity contribution in [3.63, 3.8) is 0 Å². The lowest BCUT2D eigenvalue weighted by Gasteiger charge is -2.21. The average molecular weight is 411 g/mol. The molecule has 1 saturated heterocycles. The van der Waals surface area contributed by atoms with Crippen LogP contribution in [0.2, 0.25) is 0 Å². The number of nitrogens with one attached hydrogen (secondary N) is 1. The van der Waals surface area contributed by atoms with Crippen molar-refractivity contribution < 1.29 is 24.2 Å². The summed E-state index contributed by atoms with van der Waals surface area (Å²) in [6, 6.07) is 9.07. The molecule has 4 rings (SSSR count). The first-order chi connectivity index (χ1) is 14.1. The van der Waals surface area contributed by atoms with E-state index >= 15 is 0 Å². The second-order valence-corrected chi connectivity index (χ2v) is 8.81. The number of fused-ring (bicyclic) bond motifs is 3. The standard InChI is InChI=1S/C22H25N3O5/c1-22(2,3)30-21(29)25-8-4-5-18(25)13-6-7-15-16(9-13)19(26)23-10-14-11-24(20(27)28)12-17(14)15/h4-9,14,17H,10-12H2,1-3H3,(H,23,26)(H,27,28)/t14-,17-/m1/s1. The molecule has 1 aromatic heterocycles. The van der Waals surface area contributed by atoms with E-state index in [0.717, 1.165) is 5.56 Å². The van der Waals surface area contributed by atoms with Crippen LogP contribution in [0.3, 0.4) is 0 Å². The van der Waals surface area contributed by atoms with Crippen molar-refractivity contribution in [1.29, 1.82) is 0 Å². The quantitative estimate of drug-likeness (QED) is 0.749. The summed E-state index contributed by atoms with van der Waals surface area (Å²) in [6.07, 6.45) is 0.199. The van der Waals surface area contributed by atoms with E-state index in [2.05, 4.69) is 5.32 Å². The molecule has 2 atom stereocenters. The van der Waals surface area contributed by atoms with Gasteiger partial charge in [-0.25, -0.2) is 9.59 Å². The van der Waals surface area contributed by atoms with E-state index in [1.807, 2.05) is 12.1 Å². The van der Waals surface area contributed by atoms with Gasteiger partial charge < -0.3 is 20.1 Å². The van der Waals surface area contributed by atoms with Crippen molar-refractivity contribution >= 4 is 18.1 Å². The third-order valence-electron chi connectivity index (χ3n) is 5.57. The van der Waals surface area contributed by atoms with Crippen LogP contribution in [0, 0.1) is 5.92 Å². The SMILES string of the molecule is CC(C)(C)OC(=O)n1cccc1-c1ccc2c(c1)C(=O)NC[C@@H]1CN(C(=O)O)C[C@@H]21. The second kappa shape index (κ2) is 7.19. The Bertz CT molecular complexity index is 1020. The van der Waals surface area contributed by atoms with Crippen LogP contribution in [0.4, 0.5) is 9.59 Å². The van der Waals surface area contributed by atoms with E-state index in [9.17, 15) is 19.5 Å². The van der Waals surface area contributed by atoms with Crippen LogP contribution in [0.25, 0.3) is 11.3 Å². The van der Waals surface area contributed by atoms with Crippen LogP contribution < -0.4 is 5.32 Å². The predicted molar refractivity (Wildman–Crippen MR) is 110 cm³/mol. The smallest absolute Gasteiger partial charge is 0.418 e. The number of rotatable bonds is 1. The van der Waals surface area contributed by atoms with Crippen LogP contribution in [-0.4, -0.2) is 57.9 Å². The van der Waals surface area contributed by atoms with E-state index in [-0.39, 0.29) is 17.7 Å². The first-order valence-corrected chi connectivity index (χ1v) is 9.95. The van der Waals surface area contributed by atoms with Crippen molar-refractivity contribution in [2.45, 2.75) is 32.3 Å². The monoisotopic (exact) mass is 411 g/mol. The summed E-state index contributed by atoms with van der Waals surface area (Å²) in [5, 5.41) is 12.3. The molecule has 0 unspecified atom stereocenters. The van der Waals surface area contributed by atoms with Gasteiger partial charge in [0.15, 0.2) is 0 Å². The van der Waals surface area contributed by atoms with Gasteiger partial charge in [0.25, 0.3) is 5.91 Å². The van der Waals surface area contributed by atoms with Crippen LogP contribution in [-0.2, 0) is 4.74 Å². The fourth-order valence-electron chi connectivity index (χ4n) is 4.23.